The van der Waals surface area contributed by atoms with Crippen LogP contribution in [-0.2, 0) is 20.9 Å². The smallest absolute Gasteiger partial charge is 0.247 e. The van der Waals surface area contributed by atoms with Gasteiger partial charge in [-0.25, -0.2) is 9.97 Å². The van der Waals surface area contributed by atoms with E-state index in [1.807, 2.05) is 25.1 Å². The number of anilines is 2. The lowest BCUT2D eigenvalue weighted by atomic mass is 9.84. The quantitative estimate of drug-likeness (QED) is 0.323. The second-order valence-corrected chi connectivity index (χ2v) is 11.4. The molecule has 2 aromatic rings. The number of carbonyl (C=O) groups excluding carboxylic acids is 2. The van der Waals surface area contributed by atoms with Gasteiger partial charge in [0.05, 0.1) is 18.8 Å². The molecule has 0 radical (unpaired) electrons. The normalized spacial score (nSPS) is 24.2. The van der Waals surface area contributed by atoms with Gasteiger partial charge in [-0.1, -0.05) is 31.1 Å². The summed E-state index contributed by atoms with van der Waals surface area (Å²) in [6, 6.07) is 10.0. The first-order valence-corrected chi connectivity index (χ1v) is 14.6. The third-order valence-corrected chi connectivity index (χ3v) is 8.68. The number of fused-ring (bicyclic) bond motifs is 1. The third-order valence-electron chi connectivity index (χ3n) is 8.68. The minimum absolute atomic E-state index is 0.0269. The Labute approximate surface area is 237 Å². The maximum absolute atomic E-state index is 13.2. The van der Waals surface area contributed by atoms with Gasteiger partial charge in [0, 0.05) is 37.0 Å². The van der Waals surface area contributed by atoms with Crippen molar-refractivity contribution >= 4 is 23.3 Å². The molecule has 40 heavy (non-hydrogen) atoms. The van der Waals surface area contributed by atoms with Gasteiger partial charge in [0.1, 0.15) is 17.7 Å². The van der Waals surface area contributed by atoms with Crippen LogP contribution >= 0.6 is 0 Å². The molecular weight excluding hydrogens is 504 g/mol. The SMILES string of the molecule is COCCNC(=O)[C@@H]1C[C@@H]2CCCC[C@@H]2N1c1cc(CNC(=O)C2=CCC(c3ccc(N)cc3)CC2)nc(C)n1. The molecule has 1 aromatic carbocycles. The highest BCUT2D eigenvalue weighted by Gasteiger charge is 2.45. The van der Waals surface area contributed by atoms with Gasteiger partial charge >= 0.3 is 0 Å². The summed E-state index contributed by atoms with van der Waals surface area (Å²) < 4.78 is 5.12. The molecule has 2 heterocycles. The van der Waals surface area contributed by atoms with Gasteiger partial charge in [0.2, 0.25) is 11.8 Å². The minimum Gasteiger partial charge on any atom is -0.399 e. The number of carbonyl (C=O) groups is 2. The molecule has 214 valence electrons. The van der Waals surface area contributed by atoms with E-state index in [4.69, 9.17) is 15.5 Å². The Morgan fingerprint density at radius 3 is 2.65 bits per heavy atom. The Kier molecular flexibility index (Phi) is 8.99. The van der Waals surface area contributed by atoms with Gasteiger partial charge in [-0.2, -0.15) is 0 Å². The van der Waals surface area contributed by atoms with Gasteiger partial charge in [0.15, 0.2) is 0 Å². The Balaban J connectivity index is 1.25. The van der Waals surface area contributed by atoms with E-state index in [0.717, 1.165) is 67.7 Å². The van der Waals surface area contributed by atoms with Crippen LogP contribution in [-0.4, -0.2) is 54.1 Å². The number of nitrogens with two attached hydrogens (primary N) is 1. The van der Waals surface area contributed by atoms with E-state index in [1.54, 1.807) is 7.11 Å². The number of nitrogens with one attached hydrogen (secondary N) is 2. The van der Waals surface area contributed by atoms with E-state index < -0.39 is 0 Å². The average molecular weight is 547 g/mol. The van der Waals surface area contributed by atoms with E-state index in [1.165, 1.54) is 12.0 Å². The van der Waals surface area contributed by atoms with Crippen LogP contribution in [0, 0.1) is 12.8 Å². The first kappa shape index (κ1) is 28.1. The largest absolute Gasteiger partial charge is 0.399 e. The molecular formula is C31H42N6O3. The number of nitrogens with zero attached hydrogens (tertiary/aromatic N) is 3. The fourth-order valence-electron chi connectivity index (χ4n) is 6.65. The molecule has 3 aliphatic rings. The number of allylic oxidation sites excluding steroid dienone is 1. The molecule has 5 rings (SSSR count). The number of aryl methyl sites for hydroxylation is 1. The summed E-state index contributed by atoms with van der Waals surface area (Å²) in [6.07, 6.45) is 10.0. The maximum atomic E-state index is 13.2. The zero-order chi connectivity index (χ0) is 28.1. The Morgan fingerprint density at radius 2 is 1.90 bits per heavy atom. The van der Waals surface area contributed by atoms with Crippen molar-refractivity contribution in [2.45, 2.75) is 82.8 Å². The molecule has 1 unspecified atom stereocenters. The van der Waals surface area contributed by atoms with Gasteiger partial charge in [-0.3, -0.25) is 9.59 Å². The van der Waals surface area contributed by atoms with Gasteiger partial charge in [-0.05, 0) is 75.0 Å². The predicted molar refractivity (Wildman–Crippen MR) is 156 cm³/mol. The molecule has 1 aliphatic heterocycles. The molecule has 4 N–H and O–H groups in total. The van der Waals surface area contributed by atoms with Crippen LogP contribution in [0.1, 0.15) is 74.4 Å². The van der Waals surface area contributed by atoms with Crippen LogP contribution in [0.2, 0.25) is 0 Å². The fraction of sp³-hybridized carbons (Fsp3) is 0.548. The zero-order valence-corrected chi connectivity index (χ0v) is 23.7. The van der Waals surface area contributed by atoms with Crippen LogP contribution in [0.3, 0.4) is 0 Å². The number of nitrogen functional groups attached to an aromatic ring is 1. The summed E-state index contributed by atoms with van der Waals surface area (Å²) in [4.78, 5) is 37.9. The summed E-state index contributed by atoms with van der Waals surface area (Å²) in [7, 11) is 1.63. The number of amides is 2. The first-order chi connectivity index (χ1) is 19.4. The summed E-state index contributed by atoms with van der Waals surface area (Å²) in [6.45, 7) is 3.17. The number of aromatic nitrogens is 2. The van der Waals surface area contributed by atoms with E-state index in [9.17, 15) is 9.59 Å². The highest BCUT2D eigenvalue weighted by atomic mass is 16.5. The Morgan fingerprint density at radius 1 is 1.10 bits per heavy atom. The number of ether oxygens (including phenoxy) is 1. The van der Waals surface area contributed by atoms with Gasteiger partial charge in [0.25, 0.3) is 0 Å². The summed E-state index contributed by atoms with van der Waals surface area (Å²) in [5.41, 5.74) is 9.44. The highest BCUT2D eigenvalue weighted by molar-refractivity contribution is 5.93. The molecule has 9 nitrogen and oxygen atoms in total. The molecule has 2 fully saturated rings. The maximum Gasteiger partial charge on any atom is 0.247 e. The summed E-state index contributed by atoms with van der Waals surface area (Å²) in [5.74, 6) is 2.30. The lowest BCUT2D eigenvalue weighted by Crippen LogP contribution is -2.48. The van der Waals surface area contributed by atoms with Crippen LogP contribution in [0.25, 0.3) is 0 Å². The predicted octanol–water partition coefficient (Wildman–Crippen LogP) is 3.78. The molecule has 9 heteroatoms. The molecule has 2 amide bonds. The average Bonchev–Trinajstić information content (AvgIpc) is 3.36. The van der Waals surface area contributed by atoms with Crippen LogP contribution < -0.4 is 21.3 Å². The molecule has 1 aromatic heterocycles. The summed E-state index contributed by atoms with van der Waals surface area (Å²) in [5, 5.41) is 6.11. The zero-order valence-electron chi connectivity index (χ0n) is 23.7. The van der Waals surface area contributed by atoms with Crippen molar-refractivity contribution in [1.29, 1.82) is 0 Å². The third kappa shape index (κ3) is 6.46. The van der Waals surface area contributed by atoms with Crippen molar-refractivity contribution < 1.29 is 14.3 Å². The van der Waals surface area contributed by atoms with Crippen molar-refractivity contribution in [2.24, 2.45) is 5.92 Å². The lowest BCUT2D eigenvalue weighted by molar-refractivity contribution is -0.122. The topological polar surface area (TPSA) is 122 Å². The van der Waals surface area contributed by atoms with Crippen molar-refractivity contribution in [2.75, 3.05) is 30.9 Å². The Hall–Kier alpha value is -3.46. The molecule has 4 atom stereocenters. The second kappa shape index (κ2) is 12.8. The number of benzene rings is 1. The molecule has 1 saturated heterocycles. The lowest BCUT2D eigenvalue weighted by Gasteiger charge is -2.34. The van der Waals surface area contributed by atoms with Crippen molar-refractivity contribution in [3.05, 3.63) is 59.1 Å². The minimum atomic E-state index is -0.261. The molecule has 1 saturated carbocycles. The molecule has 2 aliphatic carbocycles. The Bertz CT molecular complexity index is 1230. The molecule has 0 spiro atoms. The second-order valence-electron chi connectivity index (χ2n) is 11.4. The number of methoxy groups -OCH3 is 1. The van der Waals surface area contributed by atoms with Crippen LogP contribution in [0.4, 0.5) is 11.5 Å². The number of rotatable bonds is 9. The first-order valence-electron chi connectivity index (χ1n) is 14.6. The fourth-order valence-corrected chi connectivity index (χ4v) is 6.65. The van der Waals surface area contributed by atoms with Crippen molar-refractivity contribution in [3.63, 3.8) is 0 Å². The van der Waals surface area contributed by atoms with E-state index in [-0.39, 0.29) is 17.9 Å². The standard InChI is InChI=1S/C31H42N6O3/c1-20-35-26(19-34-30(38)23-9-7-21(8-10-23)22-11-13-25(32)14-12-22)18-29(36-20)37-27-6-4-3-5-24(27)17-28(37)31(39)33-15-16-40-2/h9,11-14,18,21,24,27-28H,3-8,10,15-17,19,32H2,1-2H3,(H,33,39)(H,34,38)/t21?,24-,27-,28-/m0/s1. The number of hydrogen-bond donors (Lipinski definition) is 3. The molecule has 0 bridgehead atoms. The number of hydrogen-bond acceptors (Lipinski definition) is 7. The summed E-state index contributed by atoms with van der Waals surface area (Å²) >= 11 is 0. The van der Waals surface area contributed by atoms with Crippen molar-refractivity contribution in [1.82, 2.24) is 20.6 Å². The van der Waals surface area contributed by atoms with E-state index in [2.05, 4.69) is 38.7 Å². The van der Waals surface area contributed by atoms with Crippen molar-refractivity contribution in [3.8, 4) is 0 Å². The van der Waals surface area contributed by atoms with E-state index >= 15 is 0 Å². The van der Waals surface area contributed by atoms with Crippen LogP contribution in [0.15, 0.2) is 42.0 Å². The monoisotopic (exact) mass is 546 g/mol. The van der Waals surface area contributed by atoms with Crippen LogP contribution in [0.5, 0.6) is 0 Å². The van der Waals surface area contributed by atoms with Gasteiger partial charge < -0.3 is 26.0 Å². The highest BCUT2D eigenvalue weighted by Crippen LogP contribution is 2.42. The van der Waals surface area contributed by atoms with E-state index in [0.29, 0.717) is 43.4 Å². The van der Waals surface area contributed by atoms with Gasteiger partial charge in [-0.15, -0.1) is 0 Å².